The van der Waals surface area contributed by atoms with Crippen molar-refractivity contribution in [1.29, 1.82) is 0 Å². The molecule has 0 radical (unpaired) electrons. The molecule has 2 aromatic carbocycles. The fraction of sp³-hybridized carbons (Fsp3) is 0. The minimum atomic E-state index is -1.04. The maximum absolute atomic E-state index is 11.6. The molecule has 0 aliphatic heterocycles. The number of aromatic carboxylic acids is 1. The number of rotatable bonds is 4. The first-order chi connectivity index (χ1) is 10.0. The summed E-state index contributed by atoms with van der Waals surface area (Å²) in [4.78, 5) is 22.3. The highest BCUT2D eigenvalue weighted by atomic mass is 16.5. The quantitative estimate of drug-likeness (QED) is 0.512. The number of phenols is 1. The van der Waals surface area contributed by atoms with Gasteiger partial charge < -0.3 is 14.9 Å². The topological polar surface area (TPSA) is 83.8 Å². The number of carbonyl (C=O) groups is 2. The lowest BCUT2D eigenvalue weighted by Crippen LogP contribution is -2.04. The van der Waals surface area contributed by atoms with Gasteiger partial charge in [-0.05, 0) is 48.0 Å². The molecular formula is C16H12O5. The maximum Gasteiger partial charge on any atom is 0.336 e. The van der Waals surface area contributed by atoms with Crippen molar-refractivity contribution in [1.82, 2.24) is 0 Å². The standard InChI is InChI=1S/C16H12O5/c17-13-6-1-11(2-7-13)3-10-15(18)21-14-8-4-12(5-9-14)16(19)20/h1-10,17H,(H,19,20). The first kappa shape index (κ1) is 14.3. The zero-order valence-corrected chi connectivity index (χ0v) is 10.9. The van der Waals surface area contributed by atoms with Gasteiger partial charge in [-0.3, -0.25) is 0 Å². The normalized spacial score (nSPS) is 10.5. The number of aromatic hydroxyl groups is 1. The van der Waals surface area contributed by atoms with Crippen LogP contribution in [0.25, 0.3) is 6.08 Å². The average molecular weight is 284 g/mol. The van der Waals surface area contributed by atoms with Crippen LogP contribution in [0, 0.1) is 0 Å². The molecule has 2 aromatic rings. The molecule has 0 bridgehead atoms. The summed E-state index contributed by atoms with van der Waals surface area (Å²) in [5.74, 6) is -1.21. The zero-order valence-electron chi connectivity index (χ0n) is 10.9. The average Bonchev–Trinajstić information content (AvgIpc) is 2.47. The SMILES string of the molecule is O=C(C=Cc1ccc(O)cc1)Oc1ccc(C(=O)O)cc1. The Morgan fingerprint density at radius 3 is 2.14 bits per heavy atom. The monoisotopic (exact) mass is 284 g/mol. The lowest BCUT2D eigenvalue weighted by molar-refractivity contribution is -0.128. The van der Waals surface area contributed by atoms with Crippen LogP contribution in [0.3, 0.4) is 0 Å². The van der Waals surface area contributed by atoms with Crippen LogP contribution >= 0.6 is 0 Å². The fourth-order valence-corrected chi connectivity index (χ4v) is 1.57. The van der Waals surface area contributed by atoms with Crippen LogP contribution in [-0.2, 0) is 4.79 Å². The second-order valence-corrected chi connectivity index (χ2v) is 4.18. The van der Waals surface area contributed by atoms with Crippen molar-refractivity contribution in [3.05, 3.63) is 65.7 Å². The lowest BCUT2D eigenvalue weighted by Gasteiger charge is -2.01. The molecule has 0 fully saturated rings. The van der Waals surface area contributed by atoms with E-state index in [4.69, 9.17) is 14.9 Å². The van der Waals surface area contributed by atoms with Crippen molar-refractivity contribution in [3.8, 4) is 11.5 Å². The molecule has 0 heterocycles. The van der Waals surface area contributed by atoms with Crippen molar-refractivity contribution < 1.29 is 24.5 Å². The maximum atomic E-state index is 11.6. The smallest absolute Gasteiger partial charge is 0.336 e. The van der Waals surface area contributed by atoms with E-state index < -0.39 is 11.9 Å². The van der Waals surface area contributed by atoms with E-state index in [2.05, 4.69) is 0 Å². The van der Waals surface area contributed by atoms with E-state index >= 15 is 0 Å². The van der Waals surface area contributed by atoms with Crippen molar-refractivity contribution in [2.45, 2.75) is 0 Å². The third-order valence-corrected chi connectivity index (χ3v) is 2.62. The second kappa shape index (κ2) is 6.38. The van der Waals surface area contributed by atoms with Gasteiger partial charge in [-0.15, -0.1) is 0 Å². The zero-order chi connectivity index (χ0) is 15.2. The second-order valence-electron chi connectivity index (χ2n) is 4.18. The molecule has 0 aliphatic rings. The molecule has 2 N–H and O–H groups in total. The fourth-order valence-electron chi connectivity index (χ4n) is 1.57. The van der Waals surface area contributed by atoms with Gasteiger partial charge in [0.25, 0.3) is 0 Å². The van der Waals surface area contributed by atoms with Gasteiger partial charge in [0.15, 0.2) is 0 Å². The summed E-state index contributed by atoms with van der Waals surface area (Å²) in [6.07, 6.45) is 2.80. The Balaban J connectivity index is 1.98. The van der Waals surface area contributed by atoms with Gasteiger partial charge in [0, 0.05) is 6.08 Å². The molecule has 106 valence electrons. The number of hydrogen-bond acceptors (Lipinski definition) is 4. The summed E-state index contributed by atoms with van der Waals surface area (Å²) in [6, 6.07) is 11.9. The number of benzene rings is 2. The highest BCUT2D eigenvalue weighted by Gasteiger charge is 2.04. The molecule has 21 heavy (non-hydrogen) atoms. The van der Waals surface area contributed by atoms with Gasteiger partial charge in [0.1, 0.15) is 11.5 Å². The van der Waals surface area contributed by atoms with E-state index in [1.54, 1.807) is 18.2 Å². The first-order valence-corrected chi connectivity index (χ1v) is 6.07. The summed E-state index contributed by atoms with van der Waals surface area (Å²) < 4.78 is 5.03. The Bertz CT molecular complexity index is 669. The van der Waals surface area contributed by atoms with Crippen molar-refractivity contribution in [2.75, 3.05) is 0 Å². The molecule has 0 aromatic heterocycles. The number of phenolic OH excluding ortho intramolecular Hbond substituents is 1. The van der Waals surface area contributed by atoms with Crippen LogP contribution in [-0.4, -0.2) is 22.2 Å². The molecule has 0 saturated carbocycles. The Morgan fingerprint density at radius 1 is 0.952 bits per heavy atom. The van der Waals surface area contributed by atoms with Crippen LogP contribution in [0.5, 0.6) is 11.5 Å². The van der Waals surface area contributed by atoms with E-state index in [1.165, 1.54) is 42.5 Å². The van der Waals surface area contributed by atoms with Gasteiger partial charge in [-0.1, -0.05) is 12.1 Å². The van der Waals surface area contributed by atoms with Crippen LogP contribution in [0.4, 0.5) is 0 Å². The van der Waals surface area contributed by atoms with Crippen molar-refractivity contribution in [3.63, 3.8) is 0 Å². The number of carboxylic acid groups (broad SMARTS) is 1. The van der Waals surface area contributed by atoms with Gasteiger partial charge in [-0.2, -0.15) is 0 Å². The Kier molecular flexibility index (Phi) is 4.36. The number of carboxylic acids is 1. The Labute approximate surface area is 120 Å². The number of ether oxygens (including phenoxy) is 1. The van der Waals surface area contributed by atoms with Crippen molar-refractivity contribution >= 4 is 18.0 Å². The van der Waals surface area contributed by atoms with Gasteiger partial charge in [0.05, 0.1) is 5.56 Å². The molecule has 0 saturated heterocycles. The Hall–Kier alpha value is -3.08. The predicted molar refractivity (Wildman–Crippen MR) is 76.2 cm³/mol. The highest BCUT2D eigenvalue weighted by molar-refractivity contribution is 5.89. The molecule has 0 spiro atoms. The predicted octanol–water partition coefficient (Wildman–Crippen LogP) is 2.71. The summed E-state index contributed by atoms with van der Waals surface area (Å²) in [7, 11) is 0. The largest absolute Gasteiger partial charge is 0.508 e. The summed E-state index contributed by atoms with van der Waals surface area (Å²) in [6.45, 7) is 0. The van der Waals surface area contributed by atoms with Crippen LogP contribution in [0.1, 0.15) is 15.9 Å². The molecule has 0 atom stereocenters. The van der Waals surface area contributed by atoms with Gasteiger partial charge in [0.2, 0.25) is 0 Å². The molecule has 0 amide bonds. The minimum absolute atomic E-state index is 0.120. The molecule has 5 heteroatoms. The van der Waals surface area contributed by atoms with E-state index in [9.17, 15) is 9.59 Å². The van der Waals surface area contributed by atoms with Crippen LogP contribution in [0.2, 0.25) is 0 Å². The van der Waals surface area contributed by atoms with E-state index in [1.807, 2.05) is 0 Å². The number of hydrogen-bond donors (Lipinski definition) is 2. The lowest BCUT2D eigenvalue weighted by atomic mass is 10.2. The molecule has 5 nitrogen and oxygen atoms in total. The Morgan fingerprint density at radius 2 is 1.57 bits per heavy atom. The molecule has 0 aliphatic carbocycles. The summed E-state index contributed by atoms with van der Waals surface area (Å²) in [5.41, 5.74) is 0.861. The number of esters is 1. The van der Waals surface area contributed by atoms with Gasteiger partial charge >= 0.3 is 11.9 Å². The third-order valence-electron chi connectivity index (χ3n) is 2.62. The highest BCUT2D eigenvalue weighted by Crippen LogP contribution is 2.14. The first-order valence-electron chi connectivity index (χ1n) is 6.07. The van der Waals surface area contributed by atoms with Gasteiger partial charge in [-0.25, -0.2) is 9.59 Å². The van der Waals surface area contributed by atoms with E-state index in [-0.39, 0.29) is 17.1 Å². The van der Waals surface area contributed by atoms with Crippen molar-refractivity contribution in [2.24, 2.45) is 0 Å². The van der Waals surface area contributed by atoms with E-state index in [0.717, 1.165) is 5.56 Å². The van der Waals surface area contributed by atoms with E-state index in [0.29, 0.717) is 0 Å². The summed E-state index contributed by atoms with van der Waals surface area (Å²) in [5, 5.41) is 17.9. The molecule has 0 unspecified atom stereocenters. The third kappa shape index (κ3) is 4.21. The number of carbonyl (C=O) groups excluding carboxylic acids is 1. The summed E-state index contributed by atoms with van der Waals surface area (Å²) >= 11 is 0. The molecule has 2 rings (SSSR count). The molecular weight excluding hydrogens is 272 g/mol. The minimum Gasteiger partial charge on any atom is -0.508 e. The van der Waals surface area contributed by atoms with Crippen LogP contribution in [0.15, 0.2) is 54.6 Å². The van der Waals surface area contributed by atoms with Crippen LogP contribution < -0.4 is 4.74 Å².